The van der Waals surface area contributed by atoms with Crippen molar-refractivity contribution in [3.63, 3.8) is 0 Å². The Morgan fingerprint density at radius 2 is 0.500 bits per heavy atom. The van der Waals surface area contributed by atoms with Crippen LogP contribution in [-0.4, -0.2) is 11.8 Å². The normalized spacial score (nSPS) is 11.3. The number of Topliss-reactive ketones (excluding diaryl/α,β-unsaturated/α-hetero) is 1. The molecule has 0 rings (SSSR count). The molecule has 0 saturated carbocycles. The zero-order valence-electron chi connectivity index (χ0n) is 34.3. The molecule has 0 aliphatic heterocycles. The number of carbonyl (C=O) groups excluding carboxylic acids is 1. The van der Waals surface area contributed by atoms with Crippen LogP contribution in [0.2, 0.25) is 0 Å². The maximum Gasteiger partial charge on any atom is 0.132 e. The summed E-state index contributed by atoms with van der Waals surface area (Å²) in [5.41, 5.74) is 6.27. The zero-order chi connectivity index (χ0) is 35.4. The lowest BCUT2D eigenvalue weighted by Crippen LogP contribution is -2.19. The van der Waals surface area contributed by atoms with Gasteiger partial charge in [-0.25, -0.2) is 0 Å². The number of hydrogen-bond acceptors (Lipinski definition) is 2. The number of nitrogens with two attached hydrogens (primary N) is 1. The van der Waals surface area contributed by atoms with E-state index in [9.17, 15) is 4.79 Å². The first kappa shape index (κ1) is 49.7. The number of unbranched alkanes of at least 4 members (excludes halogenated alkanes) is 32. The maximum absolute atomic E-state index is 11.9. The van der Waals surface area contributed by atoms with Crippen LogP contribution in [0.25, 0.3) is 0 Å². The van der Waals surface area contributed by atoms with Gasteiger partial charge in [0.15, 0.2) is 0 Å². The Morgan fingerprint density at radius 1 is 0.312 bits per heavy atom. The first-order chi connectivity index (χ1) is 23.6. The minimum absolute atomic E-state index is 0.471. The van der Waals surface area contributed by atoms with Crippen LogP contribution < -0.4 is 5.73 Å². The van der Waals surface area contributed by atoms with E-state index in [2.05, 4.69) is 27.7 Å². The van der Waals surface area contributed by atoms with E-state index >= 15 is 0 Å². The van der Waals surface area contributed by atoms with Gasteiger partial charge < -0.3 is 5.73 Å². The summed E-state index contributed by atoms with van der Waals surface area (Å²) in [7, 11) is 0. The second-order valence-electron chi connectivity index (χ2n) is 15.7. The van der Waals surface area contributed by atoms with Crippen LogP contribution in [0.15, 0.2) is 0 Å². The largest absolute Gasteiger partial charge is 0.328 e. The van der Waals surface area contributed by atoms with E-state index in [1.807, 2.05) is 0 Å². The first-order valence-electron chi connectivity index (χ1n) is 22.9. The van der Waals surface area contributed by atoms with Crippen molar-refractivity contribution in [2.24, 2.45) is 5.73 Å². The second kappa shape index (κ2) is 46.6. The standard InChI is InChI=1S/C23H49N.C23H46O/c2*1-3-5-7-9-11-13-15-17-19-21-23(24)22-20-18-16-14-12-10-8-6-4-2/h23H,3-22,24H2,1-2H3;3-22H2,1-2H3. The third-order valence-corrected chi connectivity index (χ3v) is 10.5. The smallest absolute Gasteiger partial charge is 0.132 e. The topological polar surface area (TPSA) is 43.1 Å². The minimum Gasteiger partial charge on any atom is -0.328 e. The van der Waals surface area contributed by atoms with Gasteiger partial charge in [-0.2, -0.15) is 0 Å². The molecule has 0 heterocycles. The van der Waals surface area contributed by atoms with Gasteiger partial charge in [-0.3, -0.25) is 4.79 Å². The second-order valence-corrected chi connectivity index (χ2v) is 15.7. The highest BCUT2D eigenvalue weighted by molar-refractivity contribution is 5.78. The van der Waals surface area contributed by atoms with Gasteiger partial charge in [-0.1, -0.05) is 246 Å². The fourth-order valence-electron chi connectivity index (χ4n) is 6.97. The molecule has 0 atom stereocenters. The fourth-order valence-corrected chi connectivity index (χ4v) is 6.97. The monoisotopic (exact) mass is 678 g/mol. The van der Waals surface area contributed by atoms with Crippen LogP contribution in [0.4, 0.5) is 0 Å². The molecular formula is C46H95NO. The highest BCUT2D eigenvalue weighted by Gasteiger charge is 2.03. The van der Waals surface area contributed by atoms with Gasteiger partial charge in [0.05, 0.1) is 0 Å². The van der Waals surface area contributed by atoms with Gasteiger partial charge in [-0.15, -0.1) is 0 Å². The number of carbonyl (C=O) groups is 1. The molecule has 0 bridgehead atoms. The van der Waals surface area contributed by atoms with Crippen LogP contribution in [-0.2, 0) is 4.79 Å². The summed E-state index contributed by atoms with van der Waals surface area (Å²) in [5.74, 6) is 0.515. The van der Waals surface area contributed by atoms with Crippen molar-refractivity contribution >= 4 is 5.78 Å². The molecule has 2 N–H and O–H groups in total. The van der Waals surface area contributed by atoms with E-state index in [1.54, 1.807) is 0 Å². The minimum atomic E-state index is 0.471. The quantitative estimate of drug-likeness (QED) is 0.0656. The Kier molecular flexibility index (Phi) is 48.3. The van der Waals surface area contributed by atoms with E-state index < -0.39 is 0 Å². The van der Waals surface area contributed by atoms with E-state index in [0.717, 1.165) is 25.7 Å². The highest BCUT2D eigenvalue weighted by Crippen LogP contribution is 2.16. The predicted octanol–water partition coefficient (Wildman–Crippen LogP) is 16.6. The van der Waals surface area contributed by atoms with Gasteiger partial charge >= 0.3 is 0 Å². The molecule has 0 aromatic rings. The van der Waals surface area contributed by atoms with Gasteiger partial charge in [0.25, 0.3) is 0 Å². The molecule has 0 spiro atoms. The van der Waals surface area contributed by atoms with Crippen molar-refractivity contribution < 1.29 is 4.79 Å². The number of ketones is 1. The van der Waals surface area contributed by atoms with Crippen LogP contribution >= 0.6 is 0 Å². The van der Waals surface area contributed by atoms with E-state index in [-0.39, 0.29) is 0 Å². The molecular weight excluding hydrogens is 583 g/mol. The molecule has 0 amide bonds. The molecule has 0 radical (unpaired) electrons. The molecule has 0 aliphatic carbocycles. The van der Waals surface area contributed by atoms with Gasteiger partial charge in [0, 0.05) is 18.9 Å². The van der Waals surface area contributed by atoms with Gasteiger partial charge in [0.1, 0.15) is 5.78 Å². The number of rotatable bonds is 40. The Bertz CT molecular complexity index is 514. The lowest BCUT2D eigenvalue weighted by atomic mass is 10.0. The molecule has 0 saturated heterocycles. The Hall–Kier alpha value is -0.370. The maximum atomic E-state index is 11.9. The Balaban J connectivity index is 0. The van der Waals surface area contributed by atoms with Crippen LogP contribution in [0.3, 0.4) is 0 Å². The molecule has 2 heteroatoms. The van der Waals surface area contributed by atoms with Crippen molar-refractivity contribution in [2.75, 3.05) is 0 Å². The summed E-state index contributed by atoms with van der Waals surface area (Å²) in [6.07, 6.45) is 53.8. The summed E-state index contributed by atoms with van der Waals surface area (Å²) in [6, 6.07) is 0.471. The van der Waals surface area contributed by atoms with E-state index in [1.165, 1.54) is 231 Å². The third kappa shape index (κ3) is 47.7. The molecule has 0 aromatic heterocycles. The molecule has 0 fully saturated rings. The predicted molar refractivity (Wildman–Crippen MR) is 220 cm³/mol. The van der Waals surface area contributed by atoms with Crippen molar-refractivity contribution in [3.05, 3.63) is 0 Å². The summed E-state index contributed by atoms with van der Waals surface area (Å²) < 4.78 is 0. The Morgan fingerprint density at radius 3 is 0.729 bits per heavy atom. The molecule has 48 heavy (non-hydrogen) atoms. The zero-order valence-corrected chi connectivity index (χ0v) is 34.3. The highest BCUT2D eigenvalue weighted by atomic mass is 16.1. The van der Waals surface area contributed by atoms with E-state index in [0.29, 0.717) is 11.8 Å². The van der Waals surface area contributed by atoms with Crippen LogP contribution in [0.5, 0.6) is 0 Å². The lowest BCUT2D eigenvalue weighted by Gasteiger charge is -2.11. The van der Waals surface area contributed by atoms with Crippen LogP contribution in [0.1, 0.15) is 285 Å². The van der Waals surface area contributed by atoms with Crippen molar-refractivity contribution in [2.45, 2.75) is 291 Å². The molecule has 0 unspecified atom stereocenters. The summed E-state index contributed by atoms with van der Waals surface area (Å²) in [5, 5.41) is 0. The summed E-state index contributed by atoms with van der Waals surface area (Å²) in [4.78, 5) is 11.9. The first-order valence-corrected chi connectivity index (χ1v) is 22.9. The van der Waals surface area contributed by atoms with E-state index in [4.69, 9.17) is 5.73 Å². The van der Waals surface area contributed by atoms with Crippen molar-refractivity contribution in [3.8, 4) is 0 Å². The average Bonchev–Trinajstić information content (AvgIpc) is 3.09. The average molecular weight is 678 g/mol. The molecule has 2 nitrogen and oxygen atoms in total. The van der Waals surface area contributed by atoms with Crippen LogP contribution in [0, 0.1) is 0 Å². The lowest BCUT2D eigenvalue weighted by molar-refractivity contribution is -0.119. The van der Waals surface area contributed by atoms with Gasteiger partial charge in [-0.05, 0) is 25.7 Å². The third-order valence-electron chi connectivity index (χ3n) is 10.5. The SMILES string of the molecule is CCCCCCCCCCCC(=O)CCCCCCCCCCC.CCCCCCCCCCCC(N)CCCCCCCCCCC. The molecule has 0 aliphatic rings. The summed E-state index contributed by atoms with van der Waals surface area (Å²) >= 11 is 0. The Labute approximate surface area is 306 Å². The summed E-state index contributed by atoms with van der Waals surface area (Å²) in [6.45, 7) is 9.12. The molecule has 290 valence electrons. The van der Waals surface area contributed by atoms with Crippen molar-refractivity contribution in [1.82, 2.24) is 0 Å². The number of hydrogen-bond donors (Lipinski definition) is 1. The van der Waals surface area contributed by atoms with Crippen molar-refractivity contribution in [1.29, 1.82) is 0 Å². The van der Waals surface area contributed by atoms with Gasteiger partial charge in [0.2, 0.25) is 0 Å². The molecule has 0 aromatic carbocycles. The fraction of sp³-hybridized carbons (Fsp3) is 0.978.